The van der Waals surface area contributed by atoms with E-state index in [9.17, 15) is 4.39 Å². The van der Waals surface area contributed by atoms with E-state index in [0.29, 0.717) is 18.0 Å². The zero-order chi connectivity index (χ0) is 13.3. The number of aryl methyl sites for hydroxylation is 1. The molecule has 0 aromatic heterocycles. The number of anilines is 1. The molecule has 1 fully saturated rings. The predicted molar refractivity (Wildman–Crippen MR) is 74.6 cm³/mol. The maximum absolute atomic E-state index is 13.2. The third kappa shape index (κ3) is 2.66. The van der Waals surface area contributed by atoms with Crippen molar-refractivity contribution in [1.29, 1.82) is 0 Å². The van der Waals surface area contributed by atoms with E-state index >= 15 is 0 Å². The third-order valence-corrected chi connectivity index (χ3v) is 3.78. The Bertz CT molecular complexity index is 417. The lowest BCUT2D eigenvalue weighted by Gasteiger charge is -2.43. The Morgan fingerprint density at radius 2 is 2.11 bits per heavy atom. The van der Waals surface area contributed by atoms with Gasteiger partial charge < -0.3 is 10.2 Å². The van der Waals surface area contributed by atoms with Crippen molar-refractivity contribution in [3.63, 3.8) is 0 Å². The van der Waals surface area contributed by atoms with Gasteiger partial charge in [-0.25, -0.2) is 4.39 Å². The van der Waals surface area contributed by atoms with Crippen molar-refractivity contribution in [3.05, 3.63) is 29.6 Å². The standard InChI is InChI=1S/C15H23FN2/c1-10(2)15-8-17-12(4)9-18(15)14-6-5-13(16)7-11(14)3/h5-7,10,12,15,17H,8-9H2,1-4H3. The van der Waals surface area contributed by atoms with E-state index in [1.165, 1.54) is 5.69 Å². The number of hydrogen-bond donors (Lipinski definition) is 1. The van der Waals surface area contributed by atoms with E-state index in [2.05, 4.69) is 31.0 Å². The molecule has 1 aliphatic rings. The quantitative estimate of drug-likeness (QED) is 0.868. The van der Waals surface area contributed by atoms with Gasteiger partial charge in [-0.3, -0.25) is 0 Å². The van der Waals surface area contributed by atoms with Crippen LogP contribution in [-0.4, -0.2) is 25.2 Å². The molecule has 1 saturated heterocycles. The summed E-state index contributed by atoms with van der Waals surface area (Å²) < 4.78 is 13.2. The fourth-order valence-electron chi connectivity index (χ4n) is 2.74. The Labute approximate surface area is 109 Å². The minimum atomic E-state index is -0.152. The molecule has 100 valence electrons. The first kappa shape index (κ1) is 13.3. The molecule has 3 heteroatoms. The number of nitrogens with one attached hydrogen (secondary N) is 1. The van der Waals surface area contributed by atoms with Gasteiger partial charge in [-0.15, -0.1) is 0 Å². The average Bonchev–Trinajstić information content (AvgIpc) is 2.28. The lowest BCUT2D eigenvalue weighted by atomic mass is 9.97. The number of piperazine rings is 1. The fourth-order valence-corrected chi connectivity index (χ4v) is 2.74. The van der Waals surface area contributed by atoms with Crippen LogP contribution >= 0.6 is 0 Å². The van der Waals surface area contributed by atoms with Crippen LogP contribution in [-0.2, 0) is 0 Å². The molecule has 2 unspecified atom stereocenters. The van der Waals surface area contributed by atoms with Gasteiger partial charge >= 0.3 is 0 Å². The topological polar surface area (TPSA) is 15.3 Å². The molecule has 1 heterocycles. The maximum atomic E-state index is 13.2. The molecule has 1 aromatic rings. The molecule has 0 bridgehead atoms. The van der Waals surface area contributed by atoms with Crippen LogP contribution in [0.2, 0.25) is 0 Å². The first-order chi connectivity index (χ1) is 8.49. The van der Waals surface area contributed by atoms with Crippen LogP contribution in [0.25, 0.3) is 0 Å². The predicted octanol–water partition coefficient (Wildman–Crippen LogP) is 2.96. The molecule has 18 heavy (non-hydrogen) atoms. The molecule has 0 saturated carbocycles. The average molecular weight is 250 g/mol. The van der Waals surface area contributed by atoms with Gasteiger partial charge in [-0.05, 0) is 43.5 Å². The van der Waals surface area contributed by atoms with Crippen LogP contribution in [0.15, 0.2) is 18.2 Å². The van der Waals surface area contributed by atoms with Gasteiger partial charge in [0, 0.05) is 30.9 Å². The van der Waals surface area contributed by atoms with Crippen LogP contribution in [0.1, 0.15) is 26.3 Å². The molecular formula is C15H23FN2. The normalized spacial score (nSPS) is 24.7. The van der Waals surface area contributed by atoms with Gasteiger partial charge in [0.25, 0.3) is 0 Å². The van der Waals surface area contributed by atoms with Gasteiger partial charge in [0.15, 0.2) is 0 Å². The molecule has 0 radical (unpaired) electrons. The second kappa shape index (κ2) is 5.27. The summed E-state index contributed by atoms with van der Waals surface area (Å²) in [6, 6.07) is 6.05. The number of hydrogen-bond acceptors (Lipinski definition) is 2. The van der Waals surface area contributed by atoms with Gasteiger partial charge in [-0.2, -0.15) is 0 Å². The van der Waals surface area contributed by atoms with E-state index in [-0.39, 0.29) is 5.82 Å². The van der Waals surface area contributed by atoms with Crippen molar-refractivity contribution < 1.29 is 4.39 Å². The molecule has 2 nitrogen and oxygen atoms in total. The molecule has 2 rings (SSSR count). The van der Waals surface area contributed by atoms with E-state index in [1.807, 2.05) is 13.0 Å². The minimum Gasteiger partial charge on any atom is -0.365 e. The van der Waals surface area contributed by atoms with Gasteiger partial charge in [0.1, 0.15) is 5.82 Å². The monoisotopic (exact) mass is 250 g/mol. The Kier molecular flexibility index (Phi) is 3.91. The molecule has 1 N–H and O–H groups in total. The highest BCUT2D eigenvalue weighted by Crippen LogP contribution is 2.27. The smallest absolute Gasteiger partial charge is 0.123 e. The lowest BCUT2D eigenvalue weighted by Crippen LogP contribution is -2.57. The fraction of sp³-hybridized carbons (Fsp3) is 0.600. The summed E-state index contributed by atoms with van der Waals surface area (Å²) in [5.74, 6) is 0.426. The van der Waals surface area contributed by atoms with E-state index < -0.39 is 0 Å². The summed E-state index contributed by atoms with van der Waals surface area (Å²) in [5.41, 5.74) is 2.19. The Hall–Kier alpha value is -1.09. The molecule has 0 spiro atoms. The number of halogens is 1. The van der Waals surface area contributed by atoms with Crippen LogP contribution < -0.4 is 10.2 Å². The molecule has 2 atom stereocenters. The SMILES string of the molecule is Cc1cc(F)ccc1N1CC(C)NCC1C(C)C. The van der Waals surface area contributed by atoms with Crippen LogP contribution in [0.4, 0.5) is 10.1 Å². The van der Waals surface area contributed by atoms with Gasteiger partial charge in [0.2, 0.25) is 0 Å². The first-order valence-corrected chi connectivity index (χ1v) is 6.75. The number of rotatable bonds is 2. The van der Waals surface area contributed by atoms with Crippen LogP contribution in [0.5, 0.6) is 0 Å². The summed E-state index contributed by atoms with van der Waals surface area (Å²) in [7, 11) is 0. The Morgan fingerprint density at radius 1 is 1.39 bits per heavy atom. The van der Waals surface area contributed by atoms with E-state index in [4.69, 9.17) is 0 Å². The van der Waals surface area contributed by atoms with Crippen LogP contribution in [0, 0.1) is 18.7 Å². The maximum Gasteiger partial charge on any atom is 0.123 e. The van der Waals surface area contributed by atoms with Crippen molar-refractivity contribution in [2.45, 2.75) is 39.8 Å². The zero-order valence-electron chi connectivity index (χ0n) is 11.7. The van der Waals surface area contributed by atoms with E-state index in [1.54, 1.807) is 12.1 Å². The first-order valence-electron chi connectivity index (χ1n) is 6.75. The largest absolute Gasteiger partial charge is 0.365 e. The summed E-state index contributed by atoms with van der Waals surface area (Å²) in [6.45, 7) is 10.7. The molecule has 1 aromatic carbocycles. The second-order valence-electron chi connectivity index (χ2n) is 5.70. The summed E-state index contributed by atoms with van der Waals surface area (Å²) in [5, 5.41) is 3.53. The van der Waals surface area contributed by atoms with Crippen molar-refractivity contribution >= 4 is 5.69 Å². The number of benzene rings is 1. The Morgan fingerprint density at radius 3 is 2.72 bits per heavy atom. The summed E-state index contributed by atoms with van der Waals surface area (Å²) >= 11 is 0. The Balaban J connectivity index is 2.32. The number of nitrogens with zero attached hydrogens (tertiary/aromatic N) is 1. The van der Waals surface area contributed by atoms with Gasteiger partial charge in [0.05, 0.1) is 0 Å². The molecule has 1 aliphatic heterocycles. The van der Waals surface area contributed by atoms with Crippen LogP contribution in [0.3, 0.4) is 0 Å². The van der Waals surface area contributed by atoms with Crippen molar-refractivity contribution in [2.75, 3.05) is 18.0 Å². The van der Waals surface area contributed by atoms with Crippen molar-refractivity contribution in [1.82, 2.24) is 5.32 Å². The second-order valence-corrected chi connectivity index (χ2v) is 5.70. The minimum absolute atomic E-state index is 0.152. The van der Waals surface area contributed by atoms with Crippen molar-refractivity contribution in [3.8, 4) is 0 Å². The van der Waals surface area contributed by atoms with E-state index in [0.717, 1.165) is 18.7 Å². The molecule has 0 aliphatic carbocycles. The molecular weight excluding hydrogens is 227 g/mol. The third-order valence-electron chi connectivity index (χ3n) is 3.78. The van der Waals surface area contributed by atoms with Gasteiger partial charge in [-0.1, -0.05) is 13.8 Å². The summed E-state index contributed by atoms with van der Waals surface area (Å²) in [6.07, 6.45) is 0. The highest BCUT2D eigenvalue weighted by molar-refractivity contribution is 5.54. The van der Waals surface area contributed by atoms with Crippen molar-refractivity contribution in [2.24, 2.45) is 5.92 Å². The zero-order valence-corrected chi connectivity index (χ0v) is 11.7. The molecule has 0 amide bonds. The lowest BCUT2D eigenvalue weighted by molar-refractivity contribution is 0.349. The highest BCUT2D eigenvalue weighted by Gasteiger charge is 2.28. The summed E-state index contributed by atoms with van der Waals surface area (Å²) in [4.78, 5) is 2.43. The highest BCUT2D eigenvalue weighted by atomic mass is 19.1.